The summed E-state index contributed by atoms with van der Waals surface area (Å²) < 4.78 is 14.3. The summed E-state index contributed by atoms with van der Waals surface area (Å²) in [5.74, 6) is 6.76. The summed E-state index contributed by atoms with van der Waals surface area (Å²) in [5, 5.41) is 0. The summed E-state index contributed by atoms with van der Waals surface area (Å²) in [5.41, 5.74) is 5.59. The van der Waals surface area contributed by atoms with E-state index in [2.05, 4.69) is 12.3 Å². The van der Waals surface area contributed by atoms with Crippen molar-refractivity contribution in [1.29, 1.82) is 0 Å². The van der Waals surface area contributed by atoms with Gasteiger partial charge in [-0.1, -0.05) is 25.8 Å². The topological polar surface area (TPSA) is 38.0 Å². The molecule has 0 amide bonds. The van der Waals surface area contributed by atoms with E-state index in [1.165, 1.54) is 12.8 Å². The molecule has 0 aliphatic heterocycles. The summed E-state index contributed by atoms with van der Waals surface area (Å²) in [6.45, 7) is 6.17. The maximum atomic E-state index is 14.3. The van der Waals surface area contributed by atoms with Gasteiger partial charge in [-0.3, -0.25) is 11.3 Å². The van der Waals surface area contributed by atoms with Crippen LogP contribution in [0.3, 0.4) is 0 Å². The lowest BCUT2D eigenvalue weighted by atomic mass is 9.76. The van der Waals surface area contributed by atoms with Crippen molar-refractivity contribution in [2.45, 2.75) is 52.5 Å². The van der Waals surface area contributed by atoms with Gasteiger partial charge in [0.25, 0.3) is 0 Å². The molecule has 19 heavy (non-hydrogen) atoms. The Bertz CT molecular complexity index is 421. The Morgan fingerprint density at radius 3 is 2.63 bits per heavy atom. The minimum Gasteiger partial charge on any atom is -0.271 e. The third kappa shape index (κ3) is 3.15. The van der Waals surface area contributed by atoms with Crippen LogP contribution >= 0.6 is 0 Å². The fourth-order valence-corrected chi connectivity index (χ4v) is 3.56. The van der Waals surface area contributed by atoms with Crippen LogP contribution in [0.1, 0.15) is 55.3 Å². The van der Waals surface area contributed by atoms with Crippen molar-refractivity contribution in [3.8, 4) is 0 Å². The van der Waals surface area contributed by atoms with Crippen LogP contribution in [0.15, 0.2) is 12.1 Å². The predicted molar refractivity (Wildman–Crippen MR) is 77.1 cm³/mol. The zero-order chi connectivity index (χ0) is 14.0. The maximum Gasteiger partial charge on any atom is 0.128 e. The summed E-state index contributed by atoms with van der Waals surface area (Å²) in [6, 6.07) is 3.58. The molecule has 3 atom stereocenters. The zero-order valence-electron chi connectivity index (χ0n) is 12.2. The number of rotatable bonds is 3. The lowest BCUT2D eigenvalue weighted by Crippen LogP contribution is -2.36. The molecule has 1 aliphatic rings. The first-order valence-electron chi connectivity index (χ1n) is 7.25. The van der Waals surface area contributed by atoms with E-state index in [1.54, 1.807) is 6.07 Å². The third-order valence-electron chi connectivity index (χ3n) is 4.42. The standard InChI is InChI=1S/C16H25FN2/c1-10-5-4-6-13(8-10)16(19-18)15-12(3)7-11(2)9-14(15)17/h7,9-10,13,16,19H,4-6,8,18H2,1-3H3. The highest BCUT2D eigenvalue weighted by Gasteiger charge is 2.29. The molecule has 2 nitrogen and oxygen atoms in total. The minimum absolute atomic E-state index is 0.0663. The molecule has 0 aromatic heterocycles. The second-order valence-electron chi connectivity index (χ2n) is 6.15. The van der Waals surface area contributed by atoms with Crippen molar-refractivity contribution in [1.82, 2.24) is 5.43 Å². The van der Waals surface area contributed by atoms with Crippen LogP contribution in [0.25, 0.3) is 0 Å². The van der Waals surface area contributed by atoms with Gasteiger partial charge in [0.1, 0.15) is 5.82 Å². The molecular formula is C16H25FN2. The lowest BCUT2D eigenvalue weighted by Gasteiger charge is -2.34. The van der Waals surface area contributed by atoms with E-state index < -0.39 is 0 Å². The SMILES string of the molecule is Cc1cc(C)c(C(NN)C2CCCC(C)C2)c(F)c1. The Kier molecular flexibility index (Phi) is 4.58. The van der Waals surface area contributed by atoms with Crippen LogP contribution in [-0.2, 0) is 0 Å². The Labute approximate surface area is 115 Å². The quantitative estimate of drug-likeness (QED) is 0.644. The third-order valence-corrected chi connectivity index (χ3v) is 4.42. The van der Waals surface area contributed by atoms with Crippen LogP contribution in [0, 0.1) is 31.5 Å². The largest absolute Gasteiger partial charge is 0.271 e. The van der Waals surface area contributed by atoms with Crippen LogP contribution in [0.4, 0.5) is 4.39 Å². The molecule has 3 unspecified atom stereocenters. The molecule has 106 valence electrons. The number of hydrazine groups is 1. The van der Waals surface area contributed by atoms with Gasteiger partial charge in [-0.05, 0) is 55.7 Å². The Balaban J connectivity index is 2.31. The van der Waals surface area contributed by atoms with Gasteiger partial charge in [-0.25, -0.2) is 4.39 Å². The zero-order valence-corrected chi connectivity index (χ0v) is 12.2. The number of hydrogen-bond acceptors (Lipinski definition) is 2. The van der Waals surface area contributed by atoms with Gasteiger partial charge < -0.3 is 0 Å². The average Bonchev–Trinajstić information content (AvgIpc) is 2.33. The summed E-state index contributed by atoms with van der Waals surface area (Å²) in [6.07, 6.45) is 4.76. The Hall–Kier alpha value is -0.930. The van der Waals surface area contributed by atoms with Gasteiger partial charge in [0.05, 0.1) is 6.04 Å². The first-order valence-corrected chi connectivity index (χ1v) is 7.25. The number of nitrogens with one attached hydrogen (secondary N) is 1. The molecule has 1 aliphatic carbocycles. The van der Waals surface area contributed by atoms with Crippen LogP contribution < -0.4 is 11.3 Å². The molecule has 1 fully saturated rings. The maximum absolute atomic E-state index is 14.3. The molecule has 1 saturated carbocycles. The molecule has 0 radical (unpaired) electrons. The molecule has 3 heteroatoms. The average molecular weight is 264 g/mol. The van der Waals surface area contributed by atoms with E-state index in [9.17, 15) is 4.39 Å². The van der Waals surface area contributed by atoms with Gasteiger partial charge in [0, 0.05) is 5.56 Å². The Morgan fingerprint density at radius 1 is 1.32 bits per heavy atom. The van der Waals surface area contributed by atoms with E-state index in [0.717, 1.165) is 29.5 Å². The normalized spacial score (nSPS) is 25.3. The highest BCUT2D eigenvalue weighted by Crippen LogP contribution is 2.38. The summed E-state index contributed by atoms with van der Waals surface area (Å²) in [4.78, 5) is 0. The van der Waals surface area contributed by atoms with Gasteiger partial charge >= 0.3 is 0 Å². The van der Waals surface area contributed by atoms with E-state index in [4.69, 9.17) is 5.84 Å². The molecule has 0 bridgehead atoms. The number of halogens is 1. The van der Waals surface area contributed by atoms with Crippen molar-refractivity contribution in [3.63, 3.8) is 0 Å². The smallest absolute Gasteiger partial charge is 0.128 e. The van der Waals surface area contributed by atoms with Gasteiger partial charge in [-0.15, -0.1) is 0 Å². The summed E-state index contributed by atoms with van der Waals surface area (Å²) >= 11 is 0. The fourth-order valence-electron chi connectivity index (χ4n) is 3.56. The molecule has 0 spiro atoms. The molecule has 3 N–H and O–H groups in total. The molecule has 0 heterocycles. The van der Waals surface area contributed by atoms with E-state index in [-0.39, 0.29) is 11.9 Å². The van der Waals surface area contributed by atoms with Crippen LogP contribution in [0.5, 0.6) is 0 Å². The van der Waals surface area contributed by atoms with Gasteiger partial charge in [0.2, 0.25) is 0 Å². The highest BCUT2D eigenvalue weighted by molar-refractivity contribution is 5.34. The van der Waals surface area contributed by atoms with Crippen molar-refractivity contribution >= 4 is 0 Å². The number of benzene rings is 1. The minimum atomic E-state index is -0.126. The first-order chi connectivity index (χ1) is 9.02. The molecule has 0 saturated heterocycles. The van der Waals surface area contributed by atoms with Crippen molar-refractivity contribution in [2.75, 3.05) is 0 Å². The molecule has 1 aromatic carbocycles. The predicted octanol–water partition coefficient (Wildman–Crippen LogP) is 3.77. The van der Waals surface area contributed by atoms with E-state index in [0.29, 0.717) is 11.8 Å². The number of nitrogens with two attached hydrogens (primary N) is 1. The first kappa shape index (κ1) is 14.5. The molecule has 1 aromatic rings. The van der Waals surface area contributed by atoms with Crippen LogP contribution in [-0.4, -0.2) is 0 Å². The van der Waals surface area contributed by atoms with Crippen molar-refractivity contribution < 1.29 is 4.39 Å². The number of hydrogen-bond donors (Lipinski definition) is 2. The van der Waals surface area contributed by atoms with Gasteiger partial charge in [-0.2, -0.15) is 0 Å². The van der Waals surface area contributed by atoms with Crippen molar-refractivity contribution in [2.24, 2.45) is 17.7 Å². The number of aryl methyl sites for hydroxylation is 2. The highest BCUT2D eigenvalue weighted by atomic mass is 19.1. The fraction of sp³-hybridized carbons (Fsp3) is 0.625. The van der Waals surface area contributed by atoms with Crippen molar-refractivity contribution in [3.05, 3.63) is 34.6 Å². The van der Waals surface area contributed by atoms with E-state index >= 15 is 0 Å². The van der Waals surface area contributed by atoms with Gasteiger partial charge in [0.15, 0.2) is 0 Å². The summed E-state index contributed by atoms with van der Waals surface area (Å²) in [7, 11) is 0. The lowest BCUT2D eigenvalue weighted by molar-refractivity contribution is 0.221. The second-order valence-corrected chi connectivity index (χ2v) is 6.15. The van der Waals surface area contributed by atoms with Crippen LogP contribution in [0.2, 0.25) is 0 Å². The Morgan fingerprint density at radius 2 is 2.05 bits per heavy atom. The second kappa shape index (κ2) is 6.02. The molecular weight excluding hydrogens is 239 g/mol. The molecule has 2 rings (SSSR count). The van der Waals surface area contributed by atoms with E-state index in [1.807, 2.05) is 19.9 Å². The monoisotopic (exact) mass is 264 g/mol.